The van der Waals surface area contributed by atoms with Crippen molar-refractivity contribution in [1.82, 2.24) is 4.90 Å². The van der Waals surface area contributed by atoms with Gasteiger partial charge in [-0.25, -0.2) is 0 Å². The molecule has 82 valence electrons. The van der Waals surface area contributed by atoms with Crippen LogP contribution in [-0.2, 0) is 4.79 Å². The molecule has 0 aliphatic carbocycles. The van der Waals surface area contributed by atoms with Crippen molar-refractivity contribution < 1.29 is 4.79 Å². The molecule has 1 atom stereocenters. The topological polar surface area (TPSA) is 32.3 Å². The van der Waals surface area contributed by atoms with Crippen LogP contribution in [0.25, 0.3) is 0 Å². The third-order valence-corrected chi connectivity index (χ3v) is 2.26. The van der Waals surface area contributed by atoms with Gasteiger partial charge < -0.3 is 10.2 Å². The summed E-state index contributed by atoms with van der Waals surface area (Å²) in [5.74, 6) is 0.112. The van der Waals surface area contributed by atoms with Crippen LogP contribution in [0.1, 0.15) is 13.3 Å². The predicted octanol–water partition coefficient (Wildman–Crippen LogP) is 1.97. The Morgan fingerprint density at radius 2 is 1.93 bits per heavy atom. The first-order valence-corrected chi connectivity index (χ1v) is 5.18. The first-order chi connectivity index (χ1) is 7.15. The van der Waals surface area contributed by atoms with Crippen LogP contribution in [0.5, 0.6) is 0 Å². The second-order valence-electron chi connectivity index (χ2n) is 3.70. The highest BCUT2D eigenvalue weighted by atomic mass is 16.2. The molecule has 0 spiro atoms. The maximum Gasteiger partial charge on any atom is 0.244 e. The molecule has 1 aromatic rings. The van der Waals surface area contributed by atoms with E-state index in [1.807, 2.05) is 37.3 Å². The fourth-order valence-electron chi connectivity index (χ4n) is 1.39. The largest absolute Gasteiger partial charge is 0.374 e. The van der Waals surface area contributed by atoms with E-state index in [1.54, 1.807) is 19.0 Å². The van der Waals surface area contributed by atoms with Gasteiger partial charge in [0, 0.05) is 19.8 Å². The molecule has 0 heterocycles. The molecule has 0 saturated heterocycles. The second kappa shape index (κ2) is 5.39. The lowest BCUT2D eigenvalue weighted by Gasteiger charge is -2.21. The first-order valence-electron chi connectivity index (χ1n) is 5.18. The van der Waals surface area contributed by atoms with Gasteiger partial charge in [0.05, 0.1) is 0 Å². The monoisotopic (exact) mass is 206 g/mol. The van der Waals surface area contributed by atoms with Crippen molar-refractivity contribution in [1.29, 1.82) is 0 Å². The molecule has 1 unspecified atom stereocenters. The van der Waals surface area contributed by atoms with Crippen LogP contribution in [0.15, 0.2) is 30.3 Å². The van der Waals surface area contributed by atoms with E-state index in [9.17, 15) is 4.79 Å². The Morgan fingerprint density at radius 1 is 1.33 bits per heavy atom. The highest BCUT2D eigenvalue weighted by Gasteiger charge is 2.17. The van der Waals surface area contributed by atoms with Crippen molar-refractivity contribution >= 4 is 11.6 Å². The van der Waals surface area contributed by atoms with E-state index >= 15 is 0 Å². The summed E-state index contributed by atoms with van der Waals surface area (Å²) in [6.07, 6.45) is 0.784. The van der Waals surface area contributed by atoms with Crippen LogP contribution in [0.3, 0.4) is 0 Å². The highest BCUT2D eigenvalue weighted by molar-refractivity contribution is 5.84. The van der Waals surface area contributed by atoms with E-state index in [2.05, 4.69) is 5.32 Å². The Balaban J connectivity index is 2.66. The number of amides is 1. The molecule has 15 heavy (non-hydrogen) atoms. The average Bonchev–Trinajstić information content (AvgIpc) is 2.26. The standard InChI is InChI=1S/C12H18N2O/c1-4-11(12(15)14(2)3)13-10-8-6-5-7-9-10/h5-9,11,13H,4H2,1-3H3. The van der Waals surface area contributed by atoms with Crippen molar-refractivity contribution in [2.45, 2.75) is 19.4 Å². The van der Waals surface area contributed by atoms with E-state index in [1.165, 1.54) is 0 Å². The Hall–Kier alpha value is -1.51. The number of nitrogens with zero attached hydrogens (tertiary/aromatic N) is 1. The molecule has 3 nitrogen and oxygen atoms in total. The third-order valence-electron chi connectivity index (χ3n) is 2.26. The minimum absolute atomic E-state index is 0.112. The van der Waals surface area contributed by atoms with E-state index in [0.29, 0.717) is 0 Å². The van der Waals surface area contributed by atoms with Crippen molar-refractivity contribution in [3.05, 3.63) is 30.3 Å². The molecule has 0 fully saturated rings. The molecular formula is C12H18N2O. The van der Waals surface area contributed by atoms with Gasteiger partial charge in [-0.2, -0.15) is 0 Å². The molecule has 0 aliphatic rings. The number of carbonyl (C=O) groups is 1. The molecular weight excluding hydrogens is 188 g/mol. The Bertz CT molecular complexity index is 309. The maximum absolute atomic E-state index is 11.7. The van der Waals surface area contributed by atoms with Gasteiger partial charge in [-0.05, 0) is 18.6 Å². The fourth-order valence-corrected chi connectivity index (χ4v) is 1.39. The van der Waals surface area contributed by atoms with E-state index < -0.39 is 0 Å². The van der Waals surface area contributed by atoms with Gasteiger partial charge >= 0.3 is 0 Å². The van der Waals surface area contributed by atoms with Crippen molar-refractivity contribution in [2.24, 2.45) is 0 Å². The summed E-state index contributed by atoms with van der Waals surface area (Å²) in [7, 11) is 3.55. The van der Waals surface area contributed by atoms with E-state index in [0.717, 1.165) is 12.1 Å². The van der Waals surface area contributed by atoms with Crippen LogP contribution < -0.4 is 5.32 Å². The maximum atomic E-state index is 11.7. The van der Waals surface area contributed by atoms with Gasteiger partial charge in [-0.1, -0.05) is 25.1 Å². The number of hydrogen-bond acceptors (Lipinski definition) is 2. The number of rotatable bonds is 4. The summed E-state index contributed by atoms with van der Waals surface area (Å²) in [6.45, 7) is 2.00. The number of nitrogens with one attached hydrogen (secondary N) is 1. The van der Waals surface area contributed by atoms with Crippen LogP contribution >= 0.6 is 0 Å². The van der Waals surface area contributed by atoms with Crippen LogP contribution in [0, 0.1) is 0 Å². The van der Waals surface area contributed by atoms with Gasteiger partial charge in [0.2, 0.25) is 5.91 Å². The minimum atomic E-state index is -0.137. The zero-order chi connectivity index (χ0) is 11.3. The Kier molecular flexibility index (Phi) is 4.16. The Labute approximate surface area is 91.1 Å². The molecule has 0 saturated carbocycles. The smallest absolute Gasteiger partial charge is 0.244 e. The molecule has 1 aromatic carbocycles. The van der Waals surface area contributed by atoms with Gasteiger partial charge in [0.25, 0.3) is 0 Å². The normalized spacial score (nSPS) is 11.9. The average molecular weight is 206 g/mol. The Morgan fingerprint density at radius 3 is 2.40 bits per heavy atom. The molecule has 3 heteroatoms. The molecule has 1 N–H and O–H groups in total. The quantitative estimate of drug-likeness (QED) is 0.816. The van der Waals surface area contributed by atoms with Crippen molar-refractivity contribution in [2.75, 3.05) is 19.4 Å². The highest BCUT2D eigenvalue weighted by Crippen LogP contribution is 2.09. The number of likely N-dealkylation sites (N-methyl/N-ethyl adjacent to an activating group) is 1. The molecule has 0 bridgehead atoms. The fraction of sp³-hybridized carbons (Fsp3) is 0.417. The number of benzene rings is 1. The van der Waals surface area contributed by atoms with Gasteiger partial charge in [-0.15, -0.1) is 0 Å². The summed E-state index contributed by atoms with van der Waals surface area (Å²) in [6, 6.07) is 9.66. The molecule has 1 rings (SSSR count). The van der Waals surface area contributed by atoms with Gasteiger partial charge in [-0.3, -0.25) is 4.79 Å². The lowest BCUT2D eigenvalue weighted by Crippen LogP contribution is -2.38. The summed E-state index contributed by atoms with van der Waals surface area (Å²) in [5, 5.41) is 3.22. The van der Waals surface area contributed by atoms with Crippen molar-refractivity contribution in [3.63, 3.8) is 0 Å². The van der Waals surface area contributed by atoms with E-state index in [-0.39, 0.29) is 11.9 Å². The molecule has 0 aromatic heterocycles. The lowest BCUT2D eigenvalue weighted by molar-refractivity contribution is -0.129. The third kappa shape index (κ3) is 3.27. The number of para-hydroxylation sites is 1. The number of hydrogen-bond donors (Lipinski definition) is 1. The van der Waals surface area contributed by atoms with Gasteiger partial charge in [0.1, 0.15) is 6.04 Å². The number of anilines is 1. The molecule has 1 amide bonds. The zero-order valence-electron chi connectivity index (χ0n) is 9.53. The SMILES string of the molecule is CCC(Nc1ccccc1)C(=O)N(C)C. The predicted molar refractivity (Wildman–Crippen MR) is 62.8 cm³/mol. The summed E-state index contributed by atoms with van der Waals surface area (Å²) < 4.78 is 0. The molecule has 0 radical (unpaired) electrons. The summed E-state index contributed by atoms with van der Waals surface area (Å²) >= 11 is 0. The summed E-state index contributed by atoms with van der Waals surface area (Å²) in [5.41, 5.74) is 0.986. The first kappa shape index (κ1) is 11.6. The second-order valence-corrected chi connectivity index (χ2v) is 3.70. The van der Waals surface area contributed by atoms with Crippen LogP contribution in [0.4, 0.5) is 5.69 Å². The van der Waals surface area contributed by atoms with Crippen molar-refractivity contribution in [3.8, 4) is 0 Å². The van der Waals surface area contributed by atoms with E-state index in [4.69, 9.17) is 0 Å². The minimum Gasteiger partial charge on any atom is -0.374 e. The number of carbonyl (C=O) groups excluding carboxylic acids is 1. The molecule has 0 aliphatic heterocycles. The zero-order valence-corrected chi connectivity index (χ0v) is 9.53. The van der Waals surface area contributed by atoms with Crippen LogP contribution in [-0.4, -0.2) is 30.9 Å². The lowest BCUT2D eigenvalue weighted by atomic mass is 10.2. The van der Waals surface area contributed by atoms with Crippen LogP contribution in [0.2, 0.25) is 0 Å². The van der Waals surface area contributed by atoms with Gasteiger partial charge in [0.15, 0.2) is 0 Å². The summed E-state index contributed by atoms with van der Waals surface area (Å²) in [4.78, 5) is 13.4.